The highest BCUT2D eigenvalue weighted by atomic mass is 127. The van der Waals surface area contributed by atoms with Gasteiger partial charge in [-0.2, -0.15) is 0 Å². The lowest BCUT2D eigenvalue weighted by molar-refractivity contribution is 0.415. The van der Waals surface area contributed by atoms with Gasteiger partial charge in [0.2, 0.25) is 0 Å². The van der Waals surface area contributed by atoms with Gasteiger partial charge in [0, 0.05) is 44.0 Å². The van der Waals surface area contributed by atoms with Crippen LogP contribution in [0.15, 0.2) is 29.3 Å². The van der Waals surface area contributed by atoms with Gasteiger partial charge in [-0.05, 0) is 31.4 Å². The van der Waals surface area contributed by atoms with Gasteiger partial charge in [0.25, 0.3) is 0 Å². The van der Waals surface area contributed by atoms with Crippen molar-refractivity contribution in [3.63, 3.8) is 0 Å². The molecular weight excluding hydrogens is 391 g/mol. The maximum absolute atomic E-state index is 5.30. The zero-order chi connectivity index (χ0) is 14.7. The third-order valence-electron chi connectivity index (χ3n) is 4.09. The molecule has 0 aromatic heterocycles. The number of guanidine groups is 1. The van der Waals surface area contributed by atoms with E-state index in [2.05, 4.69) is 32.7 Å². The summed E-state index contributed by atoms with van der Waals surface area (Å²) in [7, 11) is 3.55. The molecule has 5 nitrogen and oxygen atoms in total. The van der Waals surface area contributed by atoms with Crippen LogP contribution in [0.3, 0.4) is 0 Å². The zero-order valence-electron chi connectivity index (χ0n) is 13.2. The van der Waals surface area contributed by atoms with E-state index in [9.17, 15) is 0 Å². The maximum Gasteiger partial charge on any atom is 0.191 e. The van der Waals surface area contributed by atoms with Crippen molar-refractivity contribution in [3.05, 3.63) is 24.3 Å². The van der Waals surface area contributed by atoms with E-state index in [1.165, 1.54) is 18.5 Å². The Morgan fingerprint density at radius 2 is 2.00 bits per heavy atom. The van der Waals surface area contributed by atoms with E-state index in [1.807, 2.05) is 19.2 Å². The molecule has 0 amide bonds. The Kier molecular flexibility index (Phi) is 6.16. The summed E-state index contributed by atoms with van der Waals surface area (Å²) in [4.78, 5) is 6.71. The highest BCUT2D eigenvalue weighted by Gasteiger charge is 2.26. The molecule has 1 aliphatic heterocycles. The molecule has 1 aliphatic carbocycles. The van der Waals surface area contributed by atoms with Gasteiger partial charge in [-0.15, -0.1) is 24.0 Å². The normalized spacial score (nSPS) is 21.3. The summed E-state index contributed by atoms with van der Waals surface area (Å²) in [5.74, 6) is 1.85. The molecule has 0 radical (unpaired) electrons. The van der Waals surface area contributed by atoms with Crippen molar-refractivity contribution in [1.82, 2.24) is 10.6 Å². The minimum atomic E-state index is 0. The van der Waals surface area contributed by atoms with Crippen molar-refractivity contribution in [1.29, 1.82) is 0 Å². The fraction of sp³-hybridized carbons (Fsp3) is 0.562. The number of methoxy groups -OCH3 is 1. The molecule has 1 heterocycles. The SMILES string of the molecule is CN=C(NC1CC1)NC1CCN(c2cccc(OC)c2)C1.I. The monoisotopic (exact) mass is 416 g/mol. The van der Waals surface area contributed by atoms with Crippen LogP contribution in [0.4, 0.5) is 5.69 Å². The van der Waals surface area contributed by atoms with Crippen LogP contribution >= 0.6 is 24.0 Å². The van der Waals surface area contributed by atoms with Crippen molar-refractivity contribution in [2.75, 3.05) is 32.1 Å². The van der Waals surface area contributed by atoms with Gasteiger partial charge in [0.05, 0.1) is 7.11 Å². The first-order chi connectivity index (χ1) is 10.3. The first-order valence-electron chi connectivity index (χ1n) is 7.67. The molecule has 1 aromatic rings. The van der Waals surface area contributed by atoms with Gasteiger partial charge in [0.15, 0.2) is 5.96 Å². The summed E-state index contributed by atoms with van der Waals surface area (Å²) in [6.07, 6.45) is 3.66. The van der Waals surface area contributed by atoms with Crippen molar-refractivity contribution >= 4 is 35.6 Å². The Morgan fingerprint density at radius 3 is 2.68 bits per heavy atom. The summed E-state index contributed by atoms with van der Waals surface area (Å²) in [6.45, 7) is 2.06. The lowest BCUT2D eigenvalue weighted by Gasteiger charge is -2.20. The molecule has 2 fully saturated rings. The summed E-state index contributed by atoms with van der Waals surface area (Å²) in [5, 5.41) is 6.97. The molecule has 2 N–H and O–H groups in total. The van der Waals surface area contributed by atoms with Crippen LogP contribution in [0.2, 0.25) is 0 Å². The molecule has 0 bridgehead atoms. The van der Waals surface area contributed by atoms with Gasteiger partial charge in [0.1, 0.15) is 5.75 Å². The van der Waals surface area contributed by atoms with Gasteiger partial charge in [-0.1, -0.05) is 6.07 Å². The Labute approximate surface area is 149 Å². The number of hydrogen-bond donors (Lipinski definition) is 2. The number of nitrogens with zero attached hydrogens (tertiary/aromatic N) is 2. The second-order valence-corrected chi connectivity index (χ2v) is 5.77. The third kappa shape index (κ3) is 4.41. The van der Waals surface area contributed by atoms with Gasteiger partial charge in [-0.25, -0.2) is 0 Å². The topological polar surface area (TPSA) is 48.9 Å². The Balaban J connectivity index is 0.00000176. The molecule has 1 aromatic carbocycles. The molecular formula is C16H25IN4O. The lowest BCUT2D eigenvalue weighted by Crippen LogP contribution is -2.45. The Bertz CT molecular complexity index is 519. The summed E-state index contributed by atoms with van der Waals surface area (Å²) in [5.41, 5.74) is 1.23. The molecule has 1 atom stereocenters. The summed E-state index contributed by atoms with van der Waals surface area (Å²) in [6, 6.07) is 9.34. The standard InChI is InChI=1S/C16H24N4O.HI/c1-17-16(18-12-6-7-12)19-13-8-9-20(11-13)14-4-3-5-15(10-14)21-2;/h3-5,10,12-13H,6-9,11H2,1-2H3,(H2,17,18,19);1H. The Hall–Kier alpha value is -1.18. The fourth-order valence-electron chi connectivity index (χ4n) is 2.70. The van der Waals surface area contributed by atoms with E-state index < -0.39 is 0 Å². The fourth-order valence-corrected chi connectivity index (χ4v) is 2.70. The number of anilines is 1. The highest BCUT2D eigenvalue weighted by Crippen LogP contribution is 2.24. The van der Waals surface area contributed by atoms with Crippen molar-refractivity contribution in [3.8, 4) is 5.75 Å². The van der Waals surface area contributed by atoms with Crippen LogP contribution in [-0.4, -0.2) is 45.3 Å². The van der Waals surface area contributed by atoms with Crippen molar-refractivity contribution in [2.24, 2.45) is 4.99 Å². The van der Waals surface area contributed by atoms with Crippen LogP contribution in [0.1, 0.15) is 19.3 Å². The minimum absolute atomic E-state index is 0. The van der Waals surface area contributed by atoms with E-state index in [0.29, 0.717) is 12.1 Å². The van der Waals surface area contributed by atoms with Crippen LogP contribution in [0.5, 0.6) is 5.75 Å². The number of benzene rings is 1. The Morgan fingerprint density at radius 1 is 1.23 bits per heavy atom. The largest absolute Gasteiger partial charge is 0.497 e. The quantitative estimate of drug-likeness (QED) is 0.449. The lowest BCUT2D eigenvalue weighted by atomic mass is 10.2. The minimum Gasteiger partial charge on any atom is -0.497 e. The molecule has 1 saturated heterocycles. The molecule has 3 rings (SSSR count). The van der Waals surface area contributed by atoms with E-state index in [-0.39, 0.29) is 24.0 Å². The predicted molar refractivity (Wildman–Crippen MR) is 102 cm³/mol. The molecule has 2 aliphatic rings. The molecule has 6 heteroatoms. The van der Waals surface area contributed by atoms with Crippen LogP contribution < -0.4 is 20.3 Å². The zero-order valence-corrected chi connectivity index (χ0v) is 15.5. The third-order valence-corrected chi connectivity index (χ3v) is 4.09. The number of rotatable bonds is 4. The molecule has 1 saturated carbocycles. The average Bonchev–Trinajstić information content (AvgIpc) is 3.22. The van der Waals surface area contributed by atoms with Crippen LogP contribution in [0, 0.1) is 0 Å². The number of nitrogens with one attached hydrogen (secondary N) is 2. The molecule has 122 valence electrons. The number of hydrogen-bond acceptors (Lipinski definition) is 3. The number of ether oxygens (including phenoxy) is 1. The van der Waals surface area contributed by atoms with Crippen molar-refractivity contribution < 1.29 is 4.74 Å². The van der Waals surface area contributed by atoms with E-state index >= 15 is 0 Å². The number of halogens is 1. The summed E-state index contributed by atoms with van der Waals surface area (Å²) >= 11 is 0. The summed E-state index contributed by atoms with van der Waals surface area (Å²) < 4.78 is 5.30. The van der Waals surface area contributed by atoms with E-state index in [4.69, 9.17) is 4.74 Å². The van der Waals surface area contributed by atoms with Gasteiger partial charge >= 0.3 is 0 Å². The second-order valence-electron chi connectivity index (χ2n) is 5.77. The van der Waals surface area contributed by atoms with Gasteiger partial charge < -0.3 is 20.3 Å². The molecule has 0 spiro atoms. The average molecular weight is 416 g/mol. The first-order valence-corrected chi connectivity index (χ1v) is 7.67. The first kappa shape index (κ1) is 17.2. The van der Waals surface area contributed by atoms with E-state index in [0.717, 1.165) is 31.2 Å². The molecule has 1 unspecified atom stereocenters. The van der Waals surface area contributed by atoms with Crippen LogP contribution in [0.25, 0.3) is 0 Å². The van der Waals surface area contributed by atoms with Crippen LogP contribution in [-0.2, 0) is 0 Å². The van der Waals surface area contributed by atoms with E-state index in [1.54, 1.807) is 7.11 Å². The predicted octanol–water partition coefficient (Wildman–Crippen LogP) is 2.22. The number of aliphatic imine (C=N–C) groups is 1. The highest BCUT2D eigenvalue weighted by molar-refractivity contribution is 14.0. The van der Waals surface area contributed by atoms with Gasteiger partial charge in [-0.3, -0.25) is 4.99 Å². The maximum atomic E-state index is 5.30. The van der Waals surface area contributed by atoms with Crippen molar-refractivity contribution in [2.45, 2.75) is 31.3 Å². The second kappa shape index (κ2) is 7.89. The smallest absolute Gasteiger partial charge is 0.191 e. The molecule has 22 heavy (non-hydrogen) atoms.